The van der Waals surface area contributed by atoms with Crippen molar-refractivity contribution in [3.05, 3.63) is 59.7 Å². The van der Waals surface area contributed by atoms with Crippen molar-refractivity contribution >= 4 is 5.69 Å². The van der Waals surface area contributed by atoms with Crippen LogP contribution in [0.15, 0.2) is 42.7 Å². The molecule has 20 heavy (non-hydrogen) atoms. The molecular weight excluding hydrogens is 253 g/mol. The molecule has 2 N–H and O–H groups in total. The number of halogens is 1. The van der Waals surface area contributed by atoms with Crippen molar-refractivity contribution in [1.29, 1.82) is 0 Å². The number of hydrogen-bond donors (Lipinski definition) is 1. The Bertz CT molecular complexity index is 557. The van der Waals surface area contributed by atoms with Crippen LogP contribution >= 0.6 is 0 Å². The normalized spacial score (nSPS) is 10.6. The second kappa shape index (κ2) is 7.01. The van der Waals surface area contributed by atoms with Gasteiger partial charge in [-0.1, -0.05) is 12.1 Å². The summed E-state index contributed by atoms with van der Waals surface area (Å²) < 4.78 is 13.4. The molecule has 2 aromatic rings. The first kappa shape index (κ1) is 14.5. The monoisotopic (exact) mass is 273 g/mol. The number of nitrogens with zero attached hydrogens (tertiary/aromatic N) is 2. The highest BCUT2D eigenvalue weighted by atomic mass is 19.1. The number of hydrogen-bond acceptors (Lipinski definition) is 3. The van der Waals surface area contributed by atoms with Gasteiger partial charge < -0.3 is 10.6 Å². The van der Waals surface area contributed by atoms with Gasteiger partial charge in [0, 0.05) is 31.2 Å². The molecule has 0 spiro atoms. The maximum atomic E-state index is 13.4. The highest BCUT2D eigenvalue weighted by molar-refractivity contribution is 5.47. The number of anilines is 1. The van der Waals surface area contributed by atoms with Gasteiger partial charge in [0.25, 0.3) is 0 Å². The third-order valence-corrected chi connectivity index (χ3v) is 3.11. The molecule has 4 heteroatoms. The van der Waals surface area contributed by atoms with Gasteiger partial charge in [-0.3, -0.25) is 4.98 Å². The summed E-state index contributed by atoms with van der Waals surface area (Å²) in [4.78, 5) is 6.33. The zero-order valence-corrected chi connectivity index (χ0v) is 11.7. The Morgan fingerprint density at radius 3 is 2.80 bits per heavy atom. The van der Waals surface area contributed by atoms with Crippen LogP contribution in [0.3, 0.4) is 0 Å². The minimum absolute atomic E-state index is 0.220. The van der Waals surface area contributed by atoms with Gasteiger partial charge in [-0.2, -0.15) is 0 Å². The molecule has 0 saturated carbocycles. The van der Waals surface area contributed by atoms with Crippen molar-refractivity contribution in [2.75, 3.05) is 18.0 Å². The average Bonchev–Trinajstić information content (AvgIpc) is 2.43. The van der Waals surface area contributed by atoms with Crippen LogP contribution in [0.1, 0.15) is 17.5 Å². The lowest BCUT2D eigenvalue weighted by Crippen LogP contribution is -2.25. The van der Waals surface area contributed by atoms with Gasteiger partial charge in [-0.25, -0.2) is 4.39 Å². The molecule has 0 radical (unpaired) electrons. The molecular formula is C16H20FN3. The van der Waals surface area contributed by atoms with Crippen LogP contribution in [0.5, 0.6) is 0 Å². The van der Waals surface area contributed by atoms with E-state index in [0.717, 1.165) is 29.8 Å². The lowest BCUT2D eigenvalue weighted by Gasteiger charge is -2.25. The van der Waals surface area contributed by atoms with Crippen LogP contribution < -0.4 is 10.6 Å². The first-order chi connectivity index (χ1) is 9.69. The Morgan fingerprint density at radius 2 is 2.10 bits per heavy atom. The summed E-state index contributed by atoms with van der Waals surface area (Å²) >= 11 is 0. The second-order valence-corrected chi connectivity index (χ2v) is 4.91. The number of nitrogens with two attached hydrogens (primary N) is 1. The SMILES string of the molecule is Cc1cncc(CN(CCCN)c2cccc(F)c2)c1. The molecule has 0 unspecified atom stereocenters. The van der Waals surface area contributed by atoms with Crippen LogP contribution in [0.2, 0.25) is 0 Å². The molecule has 106 valence electrons. The zero-order valence-electron chi connectivity index (χ0n) is 11.7. The van der Waals surface area contributed by atoms with Gasteiger partial charge in [-0.15, -0.1) is 0 Å². The summed E-state index contributed by atoms with van der Waals surface area (Å²) in [6.07, 6.45) is 4.55. The summed E-state index contributed by atoms with van der Waals surface area (Å²) in [5.41, 5.74) is 8.71. The number of aromatic nitrogens is 1. The molecule has 3 nitrogen and oxygen atoms in total. The van der Waals surface area contributed by atoms with E-state index in [2.05, 4.69) is 16.0 Å². The molecule has 1 heterocycles. The van der Waals surface area contributed by atoms with Gasteiger partial charge >= 0.3 is 0 Å². The number of benzene rings is 1. The largest absolute Gasteiger partial charge is 0.367 e. The predicted octanol–water partition coefficient (Wildman–Crippen LogP) is 2.88. The maximum Gasteiger partial charge on any atom is 0.125 e. The summed E-state index contributed by atoms with van der Waals surface area (Å²) in [5, 5.41) is 0. The lowest BCUT2D eigenvalue weighted by molar-refractivity contribution is 0.625. The minimum Gasteiger partial charge on any atom is -0.367 e. The summed E-state index contributed by atoms with van der Waals surface area (Å²) in [6, 6.07) is 8.76. The van der Waals surface area contributed by atoms with Crippen LogP contribution in [-0.2, 0) is 6.54 Å². The van der Waals surface area contributed by atoms with Gasteiger partial charge in [0.2, 0.25) is 0 Å². The number of pyridine rings is 1. The fourth-order valence-electron chi connectivity index (χ4n) is 2.18. The molecule has 0 aliphatic carbocycles. The molecule has 1 aromatic carbocycles. The summed E-state index contributed by atoms with van der Waals surface area (Å²) in [7, 11) is 0. The molecule has 0 amide bonds. The van der Waals surface area contributed by atoms with E-state index >= 15 is 0 Å². The quantitative estimate of drug-likeness (QED) is 0.880. The maximum absolute atomic E-state index is 13.4. The van der Waals surface area contributed by atoms with E-state index in [1.165, 1.54) is 6.07 Å². The van der Waals surface area contributed by atoms with E-state index in [-0.39, 0.29) is 5.82 Å². The molecule has 0 saturated heterocycles. The van der Waals surface area contributed by atoms with Crippen molar-refractivity contribution in [3.8, 4) is 0 Å². The van der Waals surface area contributed by atoms with E-state index in [1.54, 1.807) is 12.1 Å². The van der Waals surface area contributed by atoms with Gasteiger partial charge in [0.1, 0.15) is 5.82 Å². The van der Waals surface area contributed by atoms with Crippen molar-refractivity contribution in [3.63, 3.8) is 0 Å². The predicted molar refractivity (Wildman–Crippen MR) is 80.1 cm³/mol. The average molecular weight is 273 g/mol. The van der Waals surface area contributed by atoms with E-state index in [9.17, 15) is 4.39 Å². The molecule has 0 aliphatic heterocycles. The van der Waals surface area contributed by atoms with E-state index in [4.69, 9.17) is 5.73 Å². The standard InChI is InChI=1S/C16H20FN3/c1-13-8-14(11-19-10-13)12-20(7-3-6-18)16-5-2-4-15(17)9-16/h2,4-5,8-11H,3,6-7,12,18H2,1H3. The first-order valence-corrected chi connectivity index (χ1v) is 6.80. The Hall–Kier alpha value is -1.94. The number of aryl methyl sites for hydroxylation is 1. The molecule has 2 rings (SSSR count). The van der Waals surface area contributed by atoms with Crippen LogP contribution in [0.4, 0.5) is 10.1 Å². The van der Waals surface area contributed by atoms with E-state index in [0.29, 0.717) is 13.1 Å². The van der Waals surface area contributed by atoms with Crippen molar-refractivity contribution in [1.82, 2.24) is 4.98 Å². The van der Waals surface area contributed by atoms with Crippen LogP contribution in [0.25, 0.3) is 0 Å². The fraction of sp³-hybridized carbons (Fsp3) is 0.312. The zero-order chi connectivity index (χ0) is 14.4. The Labute approximate surface area is 119 Å². The summed E-state index contributed by atoms with van der Waals surface area (Å²) in [6.45, 7) is 4.15. The smallest absolute Gasteiger partial charge is 0.125 e. The Balaban J connectivity index is 2.19. The molecule has 0 aliphatic rings. The van der Waals surface area contributed by atoms with E-state index in [1.807, 2.05) is 25.4 Å². The third-order valence-electron chi connectivity index (χ3n) is 3.11. The van der Waals surface area contributed by atoms with Crippen LogP contribution in [-0.4, -0.2) is 18.1 Å². The van der Waals surface area contributed by atoms with Crippen molar-refractivity contribution in [2.24, 2.45) is 5.73 Å². The molecule has 1 aromatic heterocycles. The van der Waals surface area contributed by atoms with Gasteiger partial charge in [-0.05, 0) is 49.2 Å². The topological polar surface area (TPSA) is 42.2 Å². The molecule has 0 bridgehead atoms. The van der Waals surface area contributed by atoms with Crippen molar-refractivity contribution < 1.29 is 4.39 Å². The highest BCUT2D eigenvalue weighted by Crippen LogP contribution is 2.18. The molecule has 0 atom stereocenters. The second-order valence-electron chi connectivity index (χ2n) is 4.91. The number of rotatable bonds is 6. The third kappa shape index (κ3) is 4.03. The fourth-order valence-corrected chi connectivity index (χ4v) is 2.18. The van der Waals surface area contributed by atoms with Gasteiger partial charge in [0.15, 0.2) is 0 Å². The highest BCUT2D eigenvalue weighted by Gasteiger charge is 2.08. The minimum atomic E-state index is -0.220. The Morgan fingerprint density at radius 1 is 1.25 bits per heavy atom. The Kier molecular flexibility index (Phi) is 5.07. The first-order valence-electron chi connectivity index (χ1n) is 6.80. The van der Waals surface area contributed by atoms with Crippen molar-refractivity contribution in [2.45, 2.75) is 19.9 Å². The van der Waals surface area contributed by atoms with E-state index < -0.39 is 0 Å². The molecule has 0 fully saturated rings. The summed E-state index contributed by atoms with van der Waals surface area (Å²) in [5.74, 6) is -0.220. The van der Waals surface area contributed by atoms with Gasteiger partial charge in [0.05, 0.1) is 0 Å². The van der Waals surface area contributed by atoms with Crippen LogP contribution in [0, 0.1) is 12.7 Å². The lowest BCUT2D eigenvalue weighted by atomic mass is 10.2.